The Morgan fingerprint density at radius 1 is 0.862 bits per heavy atom. The highest BCUT2D eigenvalue weighted by molar-refractivity contribution is 5.96. The molecule has 0 unspecified atom stereocenters. The van der Waals surface area contributed by atoms with E-state index in [9.17, 15) is 14.4 Å². The van der Waals surface area contributed by atoms with Gasteiger partial charge in [-0.1, -0.05) is 6.92 Å². The van der Waals surface area contributed by atoms with E-state index in [0.29, 0.717) is 29.2 Å². The third kappa shape index (κ3) is 7.29. The summed E-state index contributed by atoms with van der Waals surface area (Å²) in [6, 6.07) is 12.8. The number of ether oxygens (including phenoxy) is 3. The van der Waals surface area contributed by atoms with Crippen LogP contribution in [0.3, 0.4) is 0 Å². The zero-order chi connectivity index (χ0) is 21.2. The molecule has 0 atom stereocenters. The summed E-state index contributed by atoms with van der Waals surface area (Å²) in [4.78, 5) is 35.8. The molecular formula is C22H25NO6. The number of esters is 2. The number of anilines is 1. The van der Waals surface area contributed by atoms with Crippen LogP contribution in [-0.4, -0.2) is 37.2 Å². The Balaban J connectivity index is 1.81. The van der Waals surface area contributed by atoms with Gasteiger partial charge in [0.1, 0.15) is 5.75 Å². The third-order valence-electron chi connectivity index (χ3n) is 3.64. The lowest BCUT2D eigenvalue weighted by Crippen LogP contribution is -2.21. The first-order valence-electron chi connectivity index (χ1n) is 9.40. The van der Waals surface area contributed by atoms with Crippen molar-refractivity contribution >= 4 is 23.5 Å². The fourth-order valence-corrected chi connectivity index (χ4v) is 2.32. The molecule has 1 amide bonds. The lowest BCUT2D eigenvalue weighted by molar-refractivity contribution is -0.119. The predicted octanol–water partition coefficient (Wildman–Crippen LogP) is 3.84. The van der Waals surface area contributed by atoms with E-state index in [1.54, 1.807) is 48.5 Å². The summed E-state index contributed by atoms with van der Waals surface area (Å²) < 4.78 is 15.6. The smallest absolute Gasteiger partial charge is 0.338 e. The molecule has 0 aliphatic rings. The van der Waals surface area contributed by atoms with Crippen LogP contribution in [0.1, 0.15) is 47.9 Å². The molecule has 0 saturated carbocycles. The van der Waals surface area contributed by atoms with Gasteiger partial charge in [-0.05, 0) is 68.8 Å². The van der Waals surface area contributed by atoms with E-state index in [1.165, 1.54) is 0 Å². The van der Waals surface area contributed by atoms with Gasteiger partial charge in [-0.25, -0.2) is 9.59 Å². The van der Waals surface area contributed by atoms with Crippen LogP contribution in [0.15, 0.2) is 48.5 Å². The zero-order valence-electron chi connectivity index (χ0n) is 16.8. The number of hydrogen-bond acceptors (Lipinski definition) is 6. The molecule has 0 saturated heterocycles. The van der Waals surface area contributed by atoms with Gasteiger partial charge in [0, 0.05) is 5.69 Å². The maximum atomic E-state index is 12.0. The van der Waals surface area contributed by atoms with Crippen LogP contribution < -0.4 is 10.1 Å². The minimum absolute atomic E-state index is 0.0348. The molecule has 0 fully saturated rings. The minimum atomic E-state index is -0.606. The molecule has 2 aromatic rings. The molecule has 0 aliphatic carbocycles. The number of nitrogens with one attached hydrogen (secondary N) is 1. The number of rotatable bonds is 9. The molecule has 0 spiro atoms. The van der Waals surface area contributed by atoms with Crippen molar-refractivity contribution in [3.8, 4) is 5.75 Å². The molecule has 0 aliphatic heterocycles. The Morgan fingerprint density at radius 3 is 1.97 bits per heavy atom. The summed E-state index contributed by atoms with van der Waals surface area (Å²) in [6.07, 6.45) is 0.779. The van der Waals surface area contributed by atoms with Crippen LogP contribution >= 0.6 is 0 Å². The van der Waals surface area contributed by atoms with Crippen molar-refractivity contribution in [3.63, 3.8) is 0 Å². The first-order chi connectivity index (χ1) is 13.9. The summed E-state index contributed by atoms with van der Waals surface area (Å²) in [7, 11) is 0. The van der Waals surface area contributed by atoms with Crippen molar-refractivity contribution in [2.24, 2.45) is 0 Å². The van der Waals surface area contributed by atoms with Gasteiger partial charge < -0.3 is 19.5 Å². The van der Waals surface area contributed by atoms with Crippen LogP contribution in [0.25, 0.3) is 0 Å². The van der Waals surface area contributed by atoms with E-state index in [4.69, 9.17) is 14.2 Å². The Kier molecular flexibility index (Phi) is 8.21. The lowest BCUT2D eigenvalue weighted by atomic mass is 10.2. The predicted molar refractivity (Wildman–Crippen MR) is 108 cm³/mol. The average molecular weight is 399 g/mol. The van der Waals surface area contributed by atoms with Crippen molar-refractivity contribution < 1.29 is 28.6 Å². The second-order valence-corrected chi connectivity index (χ2v) is 6.53. The van der Waals surface area contributed by atoms with Crippen LogP contribution in [0.5, 0.6) is 5.75 Å². The molecule has 2 aromatic carbocycles. The number of carbonyl (C=O) groups excluding carboxylic acids is 3. The van der Waals surface area contributed by atoms with Gasteiger partial charge in [0.05, 0.1) is 23.8 Å². The number of amides is 1. The quantitative estimate of drug-likeness (QED) is 0.645. The van der Waals surface area contributed by atoms with Gasteiger partial charge >= 0.3 is 11.9 Å². The molecule has 0 aromatic heterocycles. The van der Waals surface area contributed by atoms with Crippen molar-refractivity contribution in [1.82, 2.24) is 0 Å². The topological polar surface area (TPSA) is 90.9 Å². The Bertz CT molecular complexity index is 827. The highest BCUT2D eigenvalue weighted by atomic mass is 16.5. The number of benzene rings is 2. The summed E-state index contributed by atoms with van der Waals surface area (Å²) in [5, 5.41) is 2.60. The molecule has 0 bridgehead atoms. The van der Waals surface area contributed by atoms with E-state index in [0.717, 1.165) is 6.42 Å². The molecule has 7 heteroatoms. The zero-order valence-corrected chi connectivity index (χ0v) is 16.8. The van der Waals surface area contributed by atoms with Crippen molar-refractivity contribution in [2.75, 3.05) is 18.5 Å². The SMILES string of the molecule is CCCOC(=O)c1ccc(NC(=O)COC(=O)c2ccc(OC(C)C)cc2)cc1. The fraction of sp³-hybridized carbons (Fsp3) is 0.318. The van der Waals surface area contributed by atoms with E-state index >= 15 is 0 Å². The average Bonchev–Trinajstić information content (AvgIpc) is 2.71. The van der Waals surface area contributed by atoms with Crippen LogP contribution in [0, 0.1) is 0 Å². The minimum Gasteiger partial charge on any atom is -0.491 e. The summed E-state index contributed by atoms with van der Waals surface area (Å²) in [5.74, 6) is -0.857. The second kappa shape index (κ2) is 10.8. The van der Waals surface area contributed by atoms with Crippen molar-refractivity contribution in [2.45, 2.75) is 33.3 Å². The molecular weight excluding hydrogens is 374 g/mol. The molecule has 7 nitrogen and oxygen atoms in total. The molecule has 2 rings (SSSR count). The van der Waals surface area contributed by atoms with Gasteiger partial charge in [-0.15, -0.1) is 0 Å². The third-order valence-corrected chi connectivity index (χ3v) is 3.64. The van der Waals surface area contributed by atoms with Crippen LogP contribution in [0.2, 0.25) is 0 Å². The first-order valence-corrected chi connectivity index (χ1v) is 9.40. The van der Waals surface area contributed by atoms with Crippen LogP contribution in [-0.2, 0) is 14.3 Å². The second-order valence-electron chi connectivity index (χ2n) is 6.53. The summed E-state index contributed by atoms with van der Waals surface area (Å²) in [5.41, 5.74) is 1.20. The molecule has 29 heavy (non-hydrogen) atoms. The van der Waals surface area contributed by atoms with E-state index in [-0.39, 0.29) is 6.10 Å². The number of hydrogen-bond donors (Lipinski definition) is 1. The van der Waals surface area contributed by atoms with Crippen molar-refractivity contribution in [3.05, 3.63) is 59.7 Å². The standard InChI is InChI=1S/C22H25NO6/c1-4-13-27-21(25)16-5-9-18(10-6-16)23-20(24)14-28-22(26)17-7-11-19(12-8-17)29-15(2)3/h5-12,15H,4,13-14H2,1-3H3,(H,23,24). The molecule has 154 valence electrons. The van der Waals surface area contributed by atoms with Crippen molar-refractivity contribution in [1.29, 1.82) is 0 Å². The maximum absolute atomic E-state index is 12.0. The van der Waals surface area contributed by atoms with E-state index < -0.39 is 24.5 Å². The van der Waals surface area contributed by atoms with E-state index in [2.05, 4.69) is 5.32 Å². The summed E-state index contributed by atoms with van der Waals surface area (Å²) >= 11 is 0. The highest BCUT2D eigenvalue weighted by Crippen LogP contribution is 2.15. The summed E-state index contributed by atoms with van der Waals surface area (Å²) in [6.45, 7) is 5.66. The van der Waals surface area contributed by atoms with Gasteiger partial charge in [0.15, 0.2) is 6.61 Å². The van der Waals surface area contributed by atoms with Gasteiger partial charge in [-0.3, -0.25) is 4.79 Å². The normalized spacial score (nSPS) is 10.3. The van der Waals surface area contributed by atoms with Gasteiger partial charge in [0.2, 0.25) is 0 Å². The van der Waals surface area contributed by atoms with Crippen LogP contribution in [0.4, 0.5) is 5.69 Å². The molecule has 0 radical (unpaired) electrons. The highest BCUT2D eigenvalue weighted by Gasteiger charge is 2.12. The monoisotopic (exact) mass is 399 g/mol. The lowest BCUT2D eigenvalue weighted by Gasteiger charge is -2.10. The Morgan fingerprint density at radius 2 is 1.41 bits per heavy atom. The van der Waals surface area contributed by atoms with Gasteiger partial charge in [0.25, 0.3) is 5.91 Å². The Hall–Kier alpha value is -3.35. The Labute approximate surface area is 170 Å². The first kappa shape index (κ1) is 21.9. The molecule has 0 heterocycles. The maximum Gasteiger partial charge on any atom is 0.338 e. The van der Waals surface area contributed by atoms with E-state index in [1.807, 2.05) is 20.8 Å². The fourth-order valence-electron chi connectivity index (χ4n) is 2.32. The number of carbonyl (C=O) groups is 3. The molecule has 1 N–H and O–H groups in total. The van der Waals surface area contributed by atoms with Gasteiger partial charge in [-0.2, -0.15) is 0 Å². The largest absolute Gasteiger partial charge is 0.491 e.